The Bertz CT molecular complexity index is 735. The van der Waals surface area contributed by atoms with Gasteiger partial charge in [-0.05, 0) is 31.7 Å². The van der Waals surface area contributed by atoms with Crippen LogP contribution in [0.4, 0.5) is 5.69 Å². The van der Waals surface area contributed by atoms with Gasteiger partial charge in [-0.15, -0.1) is 0 Å². The van der Waals surface area contributed by atoms with Crippen molar-refractivity contribution in [2.24, 2.45) is 5.92 Å². The van der Waals surface area contributed by atoms with Gasteiger partial charge in [0.2, 0.25) is 0 Å². The molecule has 146 valence electrons. The first-order valence-electron chi connectivity index (χ1n) is 9.72. The van der Waals surface area contributed by atoms with Crippen molar-refractivity contribution < 1.29 is 9.84 Å². The number of aliphatic hydroxyl groups is 1. The average Bonchev–Trinajstić information content (AvgIpc) is 2.68. The van der Waals surface area contributed by atoms with Gasteiger partial charge in [-0.25, -0.2) is 9.97 Å². The van der Waals surface area contributed by atoms with Gasteiger partial charge in [0, 0.05) is 36.5 Å². The van der Waals surface area contributed by atoms with Crippen molar-refractivity contribution in [3.8, 4) is 5.75 Å². The van der Waals surface area contributed by atoms with Gasteiger partial charge in [-0.3, -0.25) is 4.98 Å². The van der Waals surface area contributed by atoms with Crippen LogP contribution in [0.15, 0.2) is 30.9 Å². The molecule has 1 saturated heterocycles. The van der Waals surface area contributed by atoms with Crippen molar-refractivity contribution in [2.75, 3.05) is 24.6 Å². The van der Waals surface area contributed by atoms with E-state index in [2.05, 4.69) is 40.6 Å². The summed E-state index contributed by atoms with van der Waals surface area (Å²) in [6.07, 6.45) is 8.51. The predicted octanol–water partition coefficient (Wildman–Crippen LogP) is 3.52. The van der Waals surface area contributed by atoms with Crippen molar-refractivity contribution in [3.05, 3.63) is 42.2 Å². The van der Waals surface area contributed by atoms with Gasteiger partial charge in [0.25, 0.3) is 0 Å². The maximum atomic E-state index is 10.9. The van der Waals surface area contributed by atoms with E-state index in [0.29, 0.717) is 6.61 Å². The van der Waals surface area contributed by atoms with E-state index >= 15 is 0 Å². The summed E-state index contributed by atoms with van der Waals surface area (Å²) in [5.41, 5.74) is 1.79. The van der Waals surface area contributed by atoms with Crippen molar-refractivity contribution in [3.63, 3.8) is 0 Å². The van der Waals surface area contributed by atoms with Crippen LogP contribution < -0.4 is 9.64 Å². The Morgan fingerprint density at radius 1 is 1.19 bits per heavy atom. The summed E-state index contributed by atoms with van der Waals surface area (Å²) in [6.45, 7) is 10.6. The third-order valence-corrected chi connectivity index (χ3v) is 5.09. The standard InChI is InChI=1S/C21H30N4O2/c1-5-27-18-6-9-22-14-17(18)19(26)15-7-10-25(11-8-15)16-12-23-20(24-13-16)21(2,3)4/h6,9,12-15,19,26H,5,7-8,10-11H2,1-4H3. The normalized spacial score (nSPS) is 17.0. The van der Waals surface area contributed by atoms with Crippen molar-refractivity contribution in [2.45, 2.75) is 52.1 Å². The SMILES string of the molecule is CCOc1ccncc1C(O)C1CCN(c2cnc(C(C)(C)C)nc2)CC1. The smallest absolute Gasteiger partial charge is 0.133 e. The Balaban J connectivity index is 1.63. The molecule has 0 saturated carbocycles. The molecule has 1 aliphatic rings. The largest absolute Gasteiger partial charge is 0.493 e. The highest BCUT2D eigenvalue weighted by molar-refractivity contribution is 5.43. The molecule has 3 heterocycles. The summed E-state index contributed by atoms with van der Waals surface area (Å²) in [7, 11) is 0. The lowest BCUT2D eigenvalue weighted by Gasteiger charge is -2.35. The Morgan fingerprint density at radius 3 is 2.44 bits per heavy atom. The molecule has 0 bridgehead atoms. The van der Waals surface area contributed by atoms with Gasteiger partial charge in [0.05, 0.1) is 30.8 Å². The Hall–Kier alpha value is -2.21. The molecule has 27 heavy (non-hydrogen) atoms. The lowest BCUT2D eigenvalue weighted by molar-refractivity contribution is 0.0894. The lowest BCUT2D eigenvalue weighted by atomic mass is 9.87. The Morgan fingerprint density at radius 2 is 1.85 bits per heavy atom. The highest BCUT2D eigenvalue weighted by Crippen LogP contribution is 2.35. The number of hydrogen-bond donors (Lipinski definition) is 1. The molecule has 6 nitrogen and oxygen atoms in total. The molecule has 6 heteroatoms. The molecule has 0 aromatic carbocycles. The fourth-order valence-corrected chi connectivity index (χ4v) is 3.50. The van der Waals surface area contributed by atoms with E-state index in [1.165, 1.54) is 0 Å². The minimum atomic E-state index is -0.554. The van der Waals surface area contributed by atoms with Crippen LogP contribution in [0.2, 0.25) is 0 Å². The van der Waals surface area contributed by atoms with Gasteiger partial charge in [-0.2, -0.15) is 0 Å². The molecule has 1 fully saturated rings. The number of anilines is 1. The van der Waals surface area contributed by atoms with Gasteiger partial charge < -0.3 is 14.7 Å². The third kappa shape index (κ3) is 4.56. The molecule has 0 aliphatic carbocycles. The summed E-state index contributed by atoms with van der Waals surface area (Å²) < 4.78 is 5.65. The zero-order valence-corrected chi connectivity index (χ0v) is 16.7. The predicted molar refractivity (Wildman–Crippen MR) is 106 cm³/mol. The minimum absolute atomic E-state index is 0.0440. The van der Waals surface area contributed by atoms with Crippen LogP contribution in [0.5, 0.6) is 5.75 Å². The Labute approximate surface area is 161 Å². The zero-order chi connectivity index (χ0) is 19.4. The Kier molecular flexibility index (Phi) is 5.95. The van der Waals surface area contributed by atoms with Crippen LogP contribution in [-0.4, -0.2) is 39.8 Å². The number of rotatable bonds is 5. The van der Waals surface area contributed by atoms with E-state index in [-0.39, 0.29) is 11.3 Å². The van der Waals surface area contributed by atoms with E-state index in [9.17, 15) is 5.11 Å². The summed E-state index contributed by atoms with van der Waals surface area (Å²) in [5, 5.41) is 10.9. The van der Waals surface area contributed by atoms with Gasteiger partial charge in [-0.1, -0.05) is 20.8 Å². The number of aromatic nitrogens is 3. The van der Waals surface area contributed by atoms with Crippen LogP contribution in [0.3, 0.4) is 0 Å². The molecule has 1 atom stereocenters. The first-order chi connectivity index (χ1) is 12.9. The van der Waals surface area contributed by atoms with E-state index in [4.69, 9.17) is 4.74 Å². The molecule has 0 radical (unpaired) electrons. The summed E-state index contributed by atoms with van der Waals surface area (Å²) in [6, 6.07) is 1.82. The maximum absolute atomic E-state index is 10.9. The fraction of sp³-hybridized carbons (Fsp3) is 0.571. The highest BCUT2D eigenvalue weighted by Gasteiger charge is 2.29. The van der Waals surface area contributed by atoms with E-state index in [1.807, 2.05) is 25.4 Å². The fourth-order valence-electron chi connectivity index (χ4n) is 3.50. The van der Waals surface area contributed by atoms with Crippen LogP contribution >= 0.6 is 0 Å². The first-order valence-corrected chi connectivity index (χ1v) is 9.72. The van der Waals surface area contributed by atoms with Crippen LogP contribution in [0, 0.1) is 5.92 Å². The van der Waals surface area contributed by atoms with Gasteiger partial charge in [0.1, 0.15) is 11.6 Å². The molecule has 2 aromatic rings. The summed E-state index contributed by atoms with van der Waals surface area (Å²) in [4.78, 5) is 15.5. The highest BCUT2D eigenvalue weighted by atomic mass is 16.5. The van der Waals surface area contributed by atoms with Crippen molar-refractivity contribution in [1.82, 2.24) is 15.0 Å². The van der Waals surface area contributed by atoms with Gasteiger partial charge in [0.15, 0.2) is 0 Å². The molecule has 1 unspecified atom stereocenters. The van der Waals surface area contributed by atoms with E-state index < -0.39 is 6.10 Å². The third-order valence-electron chi connectivity index (χ3n) is 5.09. The van der Waals surface area contributed by atoms with Gasteiger partial charge >= 0.3 is 0 Å². The van der Waals surface area contributed by atoms with Crippen LogP contribution in [-0.2, 0) is 5.41 Å². The zero-order valence-electron chi connectivity index (χ0n) is 16.7. The molecular formula is C21H30N4O2. The molecule has 2 aromatic heterocycles. The summed E-state index contributed by atoms with van der Waals surface area (Å²) >= 11 is 0. The van der Waals surface area contributed by atoms with Crippen molar-refractivity contribution >= 4 is 5.69 Å². The van der Waals surface area contributed by atoms with Crippen LogP contribution in [0.25, 0.3) is 0 Å². The van der Waals surface area contributed by atoms with E-state index in [1.54, 1.807) is 12.4 Å². The topological polar surface area (TPSA) is 71.4 Å². The molecular weight excluding hydrogens is 340 g/mol. The molecule has 1 N–H and O–H groups in total. The lowest BCUT2D eigenvalue weighted by Crippen LogP contribution is -2.36. The average molecular weight is 370 g/mol. The molecule has 3 rings (SSSR count). The molecule has 0 spiro atoms. The summed E-state index contributed by atoms with van der Waals surface area (Å²) in [5.74, 6) is 1.78. The van der Waals surface area contributed by atoms with Crippen LogP contribution in [0.1, 0.15) is 58.0 Å². The second kappa shape index (κ2) is 8.21. The number of pyridine rings is 1. The van der Waals surface area contributed by atoms with E-state index in [0.717, 1.165) is 48.8 Å². The molecule has 1 aliphatic heterocycles. The number of hydrogen-bond acceptors (Lipinski definition) is 6. The molecule has 0 amide bonds. The second-order valence-electron chi connectivity index (χ2n) is 8.13. The van der Waals surface area contributed by atoms with Crippen molar-refractivity contribution in [1.29, 1.82) is 0 Å². The second-order valence-corrected chi connectivity index (χ2v) is 8.13. The first kappa shape index (κ1) is 19.5. The minimum Gasteiger partial charge on any atom is -0.493 e. The number of nitrogens with zero attached hydrogens (tertiary/aromatic N) is 4. The number of aliphatic hydroxyl groups excluding tert-OH is 1. The monoisotopic (exact) mass is 370 g/mol. The maximum Gasteiger partial charge on any atom is 0.133 e. The quantitative estimate of drug-likeness (QED) is 0.868. The number of ether oxygens (including phenoxy) is 1. The number of piperidine rings is 1.